The van der Waals surface area contributed by atoms with Gasteiger partial charge in [-0.1, -0.05) is 32.0 Å². The first-order valence-electron chi connectivity index (χ1n) is 7.26. The Balaban J connectivity index is 3.11. The highest BCUT2D eigenvalue weighted by molar-refractivity contribution is 5.32. The minimum atomic E-state index is -4.36. The van der Waals surface area contributed by atoms with Gasteiger partial charge in [-0.25, -0.2) is 0 Å². The van der Waals surface area contributed by atoms with Crippen molar-refractivity contribution in [2.24, 2.45) is 11.7 Å². The molecule has 1 rings (SSSR count). The first-order chi connectivity index (χ1) is 9.68. The first kappa shape index (κ1) is 18.0. The molecule has 0 saturated carbocycles. The Bertz CT molecular complexity index is 443. The summed E-state index contributed by atoms with van der Waals surface area (Å²) in [6.07, 6.45) is -3.44. The van der Waals surface area contributed by atoms with Crippen LogP contribution < -0.4 is 5.73 Å². The molecule has 2 atom stereocenters. The third-order valence-electron chi connectivity index (χ3n) is 3.85. The number of nitrogens with two attached hydrogens (primary N) is 1. The fraction of sp³-hybridized carbons (Fsp3) is 0.625. The number of halogens is 3. The molecule has 0 radical (unpaired) electrons. The number of hydrogen-bond donors (Lipinski definition) is 1. The van der Waals surface area contributed by atoms with Gasteiger partial charge in [0.25, 0.3) is 0 Å². The van der Waals surface area contributed by atoms with Crippen molar-refractivity contribution in [1.82, 2.24) is 4.90 Å². The normalized spacial score (nSPS) is 15.5. The summed E-state index contributed by atoms with van der Waals surface area (Å²) >= 11 is 0. The van der Waals surface area contributed by atoms with Crippen molar-refractivity contribution in [3.05, 3.63) is 35.4 Å². The SMILES string of the molecule is CC(C)CC(C)N(C)C(CN)c1ccccc1C(F)(F)F. The number of benzene rings is 1. The zero-order chi connectivity index (χ0) is 16.2. The zero-order valence-electron chi connectivity index (χ0n) is 13.1. The largest absolute Gasteiger partial charge is 0.416 e. The molecule has 1 aromatic rings. The third-order valence-corrected chi connectivity index (χ3v) is 3.85. The second-order valence-corrected chi connectivity index (χ2v) is 5.98. The minimum absolute atomic E-state index is 0.159. The summed E-state index contributed by atoms with van der Waals surface area (Å²) in [6, 6.07) is 5.43. The number of hydrogen-bond acceptors (Lipinski definition) is 2. The Kier molecular flexibility index (Phi) is 6.23. The Labute approximate surface area is 125 Å². The van der Waals surface area contributed by atoms with E-state index in [0.29, 0.717) is 5.92 Å². The van der Waals surface area contributed by atoms with Gasteiger partial charge in [-0.15, -0.1) is 0 Å². The van der Waals surface area contributed by atoms with Crippen molar-refractivity contribution in [3.8, 4) is 0 Å². The molecule has 1 aromatic carbocycles. The van der Waals surface area contributed by atoms with Crippen molar-refractivity contribution in [3.63, 3.8) is 0 Å². The van der Waals surface area contributed by atoms with Crippen LogP contribution >= 0.6 is 0 Å². The molecule has 5 heteroatoms. The van der Waals surface area contributed by atoms with Gasteiger partial charge >= 0.3 is 6.18 Å². The highest BCUT2D eigenvalue weighted by Crippen LogP contribution is 2.36. The Morgan fingerprint density at radius 2 is 1.71 bits per heavy atom. The summed E-state index contributed by atoms with van der Waals surface area (Å²) in [5, 5.41) is 0. The van der Waals surface area contributed by atoms with Crippen LogP contribution in [0.15, 0.2) is 24.3 Å². The molecule has 0 amide bonds. The maximum Gasteiger partial charge on any atom is 0.416 e. The molecular weight excluding hydrogens is 277 g/mol. The van der Waals surface area contributed by atoms with E-state index in [1.54, 1.807) is 6.07 Å². The Morgan fingerprint density at radius 1 is 1.14 bits per heavy atom. The van der Waals surface area contributed by atoms with Crippen LogP contribution in [0.1, 0.15) is 44.4 Å². The quantitative estimate of drug-likeness (QED) is 0.858. The van der Waals surface area contributed by atoms with Gasteiger partial charge in [0.05, 0.1) is 5.56 Å². The molecule has 0 spiro atoms. The highest BCUT2D eigenvalue weighted by Gasteiger charge is 2.36. The molecule has 2 N–H and O–H groups in total. The van der Waals surface area contributed by atoms with E-state index in [4.69, 9.17) is 5.73 Å². The molecular formula is C16H25F3N2. The van der Waals surface area contributed by atoms with Crippen LogP contribution in [0.2, 0.25) is 0 Å². The average Bonchev–Trinajstić information content (AvgIpc) is 2.38. The molecule has 0 aliphatic carbocycles. The molecule has 2 nitrogen and oxygen atoms in total. The molecule has 0 aliphatic heterocycles. The van der Waals surface area contributed by atoms with Crippen LogP contribution in [0.25, 0.3) is 0 Å². The second kappa shape index (κ2) is 7.27. The van der Waals surface area contributed by atoms with Gasteiger partial charge in [0.2, 0.25) is 0 Å². The van der Waals surface area contributed by atoms with Crippen LogP contribution in [-0.4, -0.2) is 24.5 Å². The van der Waals surface area contributed by atoms with Gasteiger partial charge in [0.1, 0.15) is 0 Å². The molecule has 0 saturated heterocycles. The predicted molar refractivity (Wildman–Crippen MR) is 79.9 cm³/mol. The average molecular weight is 302 g/mol. The van der Waals surface area contributed by atoms with E-state index in [1.165, 1.54) is 12.1 Å². The maximum absolute atomic E-state index is 13.2. The minimum Gasteiger partial charge on any atom is -0.329 e. The Morgan fingerprint density at radius 3 is 2.19 bits per heavy atom. The third kappa shape index (κ3) is 4.71. The van der Waals surface area contributed by atoms with Crippen molar-refractivity contribution >= 4 is 0 Å². The predicted octanol–water partition coefficient (Wildman–Crippen LogP) is 4.07. The lowest BCUT2D eigenvalue weighted by atomic mass is 9.96. The van der Waals surface area contributed by atoms with Crippen molar-refractivity contribution < 1.29 is 13.2 Å². The summed E-state index contributed by atoms with van der Waals surface area (Å²) < 4.78 is 39.5. The van der Waals surface area contributed by atoms with E-state index < -0.39 is 17.8 Å². The molecule has 0 bridgehead atoms. The standard InChI is InChI=1S/C16H25F3N2/c1-11(2)9-12(3)21(4)15(10-20)13-7-5-6-8-14(13)16(17,18)19/h5-8,11-12,15H,9-10,20H2,1-4H3. The number of alkyl halides is 3. The fourth-order valence-electron chi connectivity index (χ4n) is 2.71. The van der Waals surface area contributed by atoms with Crippen LogP contribution in [0.3, 0.4) is 0 Å². The van der Waals surface area contributed by atoms with E-state index >= 15 is 0 Å². The first-order valence-corrected chi connectivity index (χ1v) is 7.26. The van der Waals surface area contributed by atoms with Crippen molar-refractivity contribution in [1.29, 1.82) is 0 Å². The number of rotatable bonds is 6. The molecule has 2 unspecified atom stereocenters. The van der Waals surface area contributed by atoms with Gasteiger partial charge in [0, 0.05) is 18.6 Å². The van der Waals surface area contributed by atoms with Gasteiger partial charge in [-0.2, -0.15) is 13.2 Å². The summed E-state index contributed by atoms with van der Waals surface area (Å²) in [5.74, 6) is 0.485. The molecule has 0 heterocycles. The van der Waals surface area contributed by atoms with Crippen LogP contribution in [-0.2, 0) is 6.18 Å². The van der Waals surface area contributed by atoms with Crippen molar-refractivity contribution in [2.45, 2.75) is 45.5 Å². The van der Waals surface area contributed by atoms with Gasteiger partial charge < -0.3 is 5.73 Å². The summed E-state index contributed by atoms with van der Waals surface area (Å²) in [5.41, 5.74) is 5.44. The van der Waals surface area contributed by atoms with E-state index in [-0.39, 0.29) is 18.2 Å². The monoisotopic (exact) mass is 302 g/mol. The molecule has 120 valence electrons. The molecule has 0 aliphatic rings. The van der Waals surface area contributed by atoms with E-state index in [1.807, 2.05) is 18.9 Å². The summed E-state index contributed by atoms with van der Waals surface area (Å²) in [6.45, 7) is 6.39. The number of nitrogens with zero attached hydrogens (tertiary/aromatic N) is 1. The molecule has 0 aromatic heterocycles. The lowest BCUT2D eigenvalue weighted by molar-refractivity contribution is -0.138. The van der Waals surface area contributed by atoms with Gasteiger partial charge in [-0.3, -0.25) is 4.90 Å². The van der Waals surface area contributed by atoms with Crippen LogP contribution in [0.4, 0.5) is 13.2 Å². The number of likely N-dealkylation sites (N-methyl/N-ethyl adjacent to an activating group) is 1. The van der Waals surface area contributed by atoms with Gasteiger partial charge in [-0.05, 0) is 37.9 Å². The highest BCUT2D eigenvalue weighted by atomic mass is 19.4. The summed E-state index contributed by atoms with van der Waals surface area (Å²) in [7, 11) is 1.84. The smallest absolute Gasteiger partial charge is 0.329 e. The summed E-state index contributed by atoms with van der Waals surface area (Å²) in [4.78, 5) is 1.95. The lowest BCUT2D eigenvalue weighted by Crippen LogP contribution is -2.38. The Hall–Kier alpha value is -1.07. The van der Waals surface area contributed by atoms with Crippen LogP contribution in [0, 0.1) is 5.92 Å². The van der Waals surface area contributed by atoms with Gasteiger partial charge in [0.15, 0.2) is 0 Å². The fourth-order valence-corrected chi connectivity index (χ4v) is 2.71. The van der Waals surface area contributed by atoms with Crippen LogP contribution in [0.5, 0.6) is 0 Å². The molecule has 21 heavy (non-hydrogen) atoms. The zero-order valence-corrected chi connectivity index (χ0v) is 13.1. The topological polar surface area (TPSA) is 29.3 Å². The maximum atomic E-state index is 13.2. The van der Waals surface area contributed by atoms with E-state index in [0.717, 1.165) is 12.5 Å². The molecule has 0 fully saturated rings. The van der Waals surface area contributed by atoms with E-state index in [9.17, 15) is 13.2 Å². The second-order valence-electron chi connectivity index (χ2n) is 5.98. The van der Waals surface area contributed by atoms with Crippen molar-refractivity contribution in [2.75, 3.05) is 13.6 Å². The lowest BCUT2D eigenvalue weighted by Gasteiger charge is -2.35. The van der Waals surface area contributed by atoms with E-state index in [2.05, 4.69) is 13.8 Å².